The number of rotatable bonds is 1. The van der Waals surface area contributed by atoms with E-state index in [1.54, 1.807) is 0 Å². The van der Waals surface area contributed by atoms with E-state index in [-0.39, 0.29) is 0 Å². The number of hydrogen-bond donors (Lipinski definition) is 0. The van der Waals surface area contributed by atoms with Gasteiger partial charge in [0, 0.05) is 6.42 Å². The molecule has 0 bridgehead atoms. The third-order valence-corrected chi connectivity index (χ3v) is 1.11. The van der Waals surface area contributed by atoms with E-state index in [0.717, 1.165) is 6.29 Å². The molecule has 0 unspecified atom stereocenters. The van der Waals surface area contributed by atoms with E-state index < -0.39 is 0 Å². The Morgan fingerprint density at radius 1 is 1.23 bits per heavy atom. The van der Waals surface area contributed by atoms with Gasteiger partial charge in [0.05, 0.1) is 0 Å². The molecule has 1 aromatic rings. The van der Waals surface area contributed by atoms with Crippen LogP contribution in [0.3, 0.4) is 0 Å². The maximum Gasteiger partial charge on any atom is 0.119 e. The van der Waals surface area contributed by atoms with E-state index in [2.05, 4.69) is 31.9 Å². The topological polar surface area (TPSA) is 17.1 Å². The van der Waals surface area contributed by atoms with Crippen LogP contribution >= 0.6 is 0 Å². The Labute approximate surface area is 80.8 Å². The maximum atomic E-state index is 9.17. The molecule has 0 saturated heterocycles. The first-order chi connectivity index (χ1) is 6.31. The van der Waals surface area contributed by atoms with Crippen LogP contribution in [0.1, 0.15) is 18.9 Å². The zero-order chi connectivity index (χ0) is 10.5. The van der Waals surface area contributed by atoms with E-state index in [1.807, 2.05) is 25.1 Å². The van der Waals surface area contributed by atoms with Gasteiger partial charge in [0.15, 0.2) is 0 Å². The van der Waals surface area contributed by atoms with Gasteiger partial charge in [-0.05, 0) is 6.92 Å². The quantitative estimate of drug-likeness (QED) is 0.475. The zero-order valence-corrected chi connectivity index (χ0v) is 8.23. The normalized spacial score (nSPS) is 6.77. The largest absolute Gasteiger partial charge is 0.303 e. The molecule has 0 aliphatic carbocycles. The first-order valence-electron chi connectivity index (χ1n) is 4.10. The molecule has 0 fully saturated rings. The lowest BCUT2D eigenvalue weighted by atomic mass is 10.2. The fourth-order valence-electron chi connectivity index (χ4n) is 0.534. The second-order valence-electron chi connectivity index (χ2n) is 2.23. The van der Waals surface area contributed by atoms with Gasteiger partial charge in [-0.1, -0.05) is 42.8 Å². The van der Waals surface area contributed by atoms with Gasteiger partial charge in [-0.25, -0.2) is 0 Å². The SMILES string of the molecule is C#C.CCC=O.Cc1ccccc1. The van der Waals surface area contributed by atoms with Gasteiger partial charge in [-0.2, -0.15) is 0 Å². The highest BCUT2D eigenvalue weighted by Crippen LogP contribution is 1.92. The highest BCUT2D eigenvalue weighted by Gasteiger charge is 1.72. The van der Waals surface area contributed by atoms with Crippen molar-refractivity contribution in [1.29, 1.82) is 0 Å². The van der Waals surface area contributed by atoms with Crippen molar-refractivity contribution >= 4 is 6.29 Å². The minimum absolute atomic E-state index is 0.639. The first kappa shape index (κ1) is 14.0. The van der Waals surface area contributed by atoms with Gasteiger partial charge in [0.2, 0.25) is 0 Å². The molecule has 1 aromatic carbocycles. The lowest BCUT2D eigenvalue weighted by molar-refractivity contribution is -0.107. The second-order valence-corrected chi connectivity index (χ2v) is 2.23. The molecule has 0 aliphatic heterocycles. The third kappa shape index (κ3) is 13.4. The maximum absolute atomic E-state index is 9.17. The molecule has 0 aliphatic rings. The molecule has 0 amide bonds. The van der Waals surface area contributed by atoms with Crippen molar-refractivity contribution in [3.63, 3.8) is 0 Å². The number of carbonyl (C=O) groups is 1. The molecule has 70 valence electrons. The summed E-state index contributed by atoms with van der Waals surface area (Å²) in [6.45, 7) is 3.90. The summed E-state index contributed by atoms with van der Waals surface area (Å²) in [6.07, 6.45) is 9.51. The van der Waals surface area contributed by atoms with Crippen molar-refractivity contribution in [2.75, 3.05) is 0 Å². The average Bonchev–Trinajstić information content (AvgIpc) is 2.22. The number of carbonyl (C=O) groups excluding carboxylic acids is 1. The van der Waals surface area contributed by atoms with Crippen molar-refractivity contribution in [3.8, 4) is 12.8 Å². The van der Waals surface area contributed by atoms with Crippen LogP contribution in [-0.4, -0.2) is 6.29 Å². The van der Waals surface area contributed by atoms with Crippen LogP contribution in [0.15, 0.2) is 30.3 Å². The number of hydrogen-bond acceptors (Lipinski definition) is 1. The van der Waals surface area contributed by atoms with Crippen LogP contribution < -0.4 is 0 Å². The lowest BCUT2D eigenvalue weighted by Crippen LogP contribution is -1.62. The molecule has 0 aromatic heterocycles. The molecule has 0 saturated carbocycles. The highest BCUT2D eigenvalue weighted by molar-refractivity contribution is 5.48. The number of benzene rings is 1. The highest BCUT2D eigenvalue weighted by atomic mass is 16.1. The van der Waals surface area contributed by atoms with Crippen molar-refractivity contribution in [2.24, 2.45) is 0 Å². The number of terminal acetylenes is 1. The standard InChI is InChI=1S/C7H8.C3H6O.C2H2/c1-7-5-3-2-4-6-7;1-2-3-4;1-2/h2-6H,1H3;3H,2H2,1H3;1-2H. The second kappa shape index (κ2) is 13.1. The Morgan fingerprint density at radius 2 is 1.62 bits per heavy atom. The lowest BCUT2D eigenvalue weighted by Gasteiger charge is -1.82. The summed E-state index contributed by atoms with van der Waals surface area (Å²) in [5, 5.41) is 0. The monoisotopic (exact) mass is 176 g/mol. The van der Waals surface area contributed by atoms with Crippen LogP contribution in [0.5, 0.6) is 0 Å². The van der Waals surface area contributed by atoms with Gasteiger partial charge in [0.1, 0.15) is 6.29 Å². The van der Waals surface area contributed by atoms with Crippen molar-refractivity contribution < 1.29 is 4.79 Å². The summed E-state index contributed by atoms with van der Waals surface area (Å²) in [5.41, 5.74) is 1.32. The minimum Gasteiger partial charge on any atom is -0.303 e. The molecule has 0 spiro atoms. The van der Waals surface area contributed by atoms with Gasteiger partial charge in [-0.15, -0.1) is 12.8 Å². The van der Waals surface area contributed by atoms with Crippen LogP contribution in [0.4, 0.5) is 0 Å². The van der Waals surface area contributed by atoms with E-state index in [0.29, 0.717) is 6.42 Å². The Bertz CT molecular complexity index is 211. The molecule has 0 radical (unpaired) electrons. The molecular weight excluding hydrogens is 160 g/mol. The molecule has 13 heavy (non-hydrogen) atoms. The summed E-state index contributed by atoms with van der Waals surface area (Å²) in [5.74, 6) is 0. The van der Waals surface area contributed by atoms with E-state index >= 15 is 0 Å². The van der Waals surface area contributed by atoms with Crippen LogP contribution in [0.2, 0.25) is 0 Å². The van der Waals surface area contributed by atoms with Gasteiger partial charge in [0.25, 0.3) is 0 Å². The van der Waals surface area contributed by atoms with Crippen molar-refractivity contribution in [1.82, 2.24) is 0 Å². The molecule has 1 heteroatoms. The van der Waals surface area contributed by atoms with Crippen molar-refractivity contribution in [3.05, 3.63) is 35.9 Å². The molecular formula is C12H16O. The van der Waals surface area contributed by atoms with Gasteiger partial charge >= 0.3 is 0 Å². The Kier molecular flexibility index (Phi) is 14.1. The van der Waals surface area contributed by atoms with Crippen LogP contribution in [0, 0.1) is 19.8 Å². The van der Waals surface area contributed by atoms with Gasteiger partial charge < -0.3 is 4.79 Å². The van der Waals surface area contributed by atoms with Gasteiger partial charge in [-0.3, -0.25) is 0 Å². The Morgan fingerprint density at radius 3 is 1.77 bits per heavy atom. The number of aryl methyl sites for hydroxylation is 1. The van der Waals surface area contributed by atoms with E-state index in [1.165, 1.54) is 5.56 Å². The summed E-state index contributed by atoms with van der Waals surface area (Å²) in [4.78, 5) is 9.17. The summed E-state index contributed by atoms with van der Waals surface area (Å²) < 4.78 is 0. The molecule has 0 N–H and O–H groups in total. The first-order valence-corrected chi connectivity index (χ1v) is 4.10. The fourth-order valence-corrected chi connectivity index (χ4v) is 0.534. The third-order valence-electron chi connectivity index (χ3n) is 1.11. The van der Waals surface area contributed by atoms with Crippen molar-refractivity contribution in [2.45, 2.75) is 20.3 Å². The molecule has 1 nitrogen and oxygen atoms in total. The summed E-state index contributed by atoms with van der Waals surface area (Å²) in [6, 6.07) is 10.3. The van der Waals surface area contributed by atoms with E-state index in [9.17, 15) is 4.79 Å². The number of aldehydes is 1. The summed E-state index contributed by atoms with van der Waals surface area (Å²) >= 11 is 0. The molecule has 0 atom stereocenters. The predicted molar refractivity (Wildman–Crippen MR) is 57.4 cm³/mol. The smallest absolute Gasteiger partial charge is 0.119 e. The van der Waals surface area contributed by atoms with E-state index in [4.69, 9.17) is 0 Å². The Balaban J connectivity index is 0. The predicted octanol–water partition coefficient (Wildman–Crippen LogP) is 2.84. The molecule has 0 heterocycles. The average molecular weight is 176 g/mol. The van der Waals surface area contributed by atoms with Crippen LogP contribution in [0.25, 0.3) is 0 Å². The fraction of sp³-hybridized carbons (Fsp3) is 0.250. The van der Waals surface area contributed by atoms with Crippen LogP contribution in [-0.2, 0) is 4.79 Å². The summed E-state index contributed by atoms with van der Waals surface area (Å²) in [7, 11) is 0. The Hall–Kier alpha value is -1.55. The molecule has 1 rings (SSSR count). The minimum atomic E-state index is 0.639. The zero-order valence-electron chi connectivity index (χ0n) is 8.23.